The van der Waals surface area contributed by atoms with Gasteiger partial charge in [0.15, 0.2) is 17.6 Å². The number of nitrogen functional groups attached to an aromatic ring is 2. The minimum atomic E-state index is -0.496. The first-order valence-corrected chi connectivity index (χ1v) is 41.2. The molecule has 10 aromatic heterocycles. The molecule has 5 aromatic carbocycles. The van der Waals surface area contributed by atoms with Gasteiger partial charge in [-0.1, -0.05) is 48.5 Å². The maximum absolute atomic E-state index is 12.4. The first-order valence-electron chi connectivity index (χ1n) is 36.3. The average Bonchev–Trinajstić information content (AvgIpc) is 1.61. The number of methoxy groups -OCH3 is 2. The van der Waals surface area contributed by atoms with Crippen molar-refractivity contribution in [3.05, 3.63) is 182 Å². The number of nitrogens with zero attached hydrogens (tertiary/aromatic N) is 11. The number of aliphatic hydroxyl groups excluding tert-OH is 2. The van der Waals surface area contributed by atoms with Crippen molar-refractivity contribution in [1.29, 1.82) is 10.5 Å². The number of rotatable bonds is 30. The number of aldehydes is 1. The van der Waals surface area contributed by atoms with E-state index in [1.807, 2.05) is 105 Å². The number of aromatic nitrogens is 8. The number of anilines is 5. The molecule has 602 valence electrons. The highest BCUT2D eigenvalue weighted by Crippen LogP contribution is 2.41. The van der Waals surface area contributed by atoms with E-state index in [0.717, 1.165) is 104 Å². The van der Waals surface area contributed by atoms with Crippen LogP contribution in [0, 0.1) is 22.7 Å². The number of nitriles is 2. The number of aromatic amines is 2. The maximum Gasteiger partial charge on any atom is 0.407 e. The van der Waals surface area contributed by atoms with Gasteiger partial charge < -0.3 is 91.7 Å². The Morgan fingerprint density at radius 2 is 0.880 bits per heavy atom. The summed E-state index contributed by atoms with van der Waals surface area (Å²) in [6, 6.07) is 44.5. The van der Waals surface area contributed by atoms with Gasteiger partial charge in [-0.2, -0.15) is 30.5 Å². The molecule has 0 bridgehead atoms. The Bertz CT molecular complexity index is 6000. The van der Waals surface area contributed by atoms with E-state index in [2.05, 4.69) is 120 Å². The van der Waals surface area contributed by atoms with E-state index in [4.69, 9.17) is 51.1 Å². The number of hydrogen-bond acceptors (Lipinski definition) is 31. The molecule has 10 heterocycles. The van der Waals surface area contributed by atoms with Gasteiger partial charge >= 0.3 is 6.09 Å². The number of carbonyl (C=O) groups is 4. The largest absolute Gasteiger partial charge is 0.471 e. The van der Waals surface area contributed by atoms with Gasteiger partial charge in [0.05, 0.1) is 65.5 Å². The molecule has 13 N–H and O–H groups in total. The fraction of sp³-hybridized carbons (Fsp3) is 0.235. The van der Waals surface area contributed by atoms with Crippen LogP contribution in [0.15, 0.2) is 145 Å². The molecule has 15 aromatic rings. The van der Waals surface area contributed by atoms with E-state index in [1.54, 1.807) is 71.7 Å². The Labute approximate surface area is 694 Å². The van der Waals surface area contributed by atoms with Crippen LogP contribution in [0.25, 0.3) is 95.0 Å². The molecule has 0 aliphatic heterocycles. The van der Waals surface area contributed by atoms with Gasteiger partial charge in [0.1, 0.15) is 54.1 Å². The summed E-state index contributed by atoms with van der Waals surface area (Å²) in [4.78, 5) is 86.5. The normalized spacial score (nSPS) is 11.4. The van der Waals surface area contributed by atoms with Crippen LogP contribution in [-0.2, 0) is 50.1 Å². The fourth-order valence-electron chi connectivity index (χ4n) is 11.6. The van der Waals surface area contributed by atoms with Gasteiger partial charge in [0.2, 0.25) is 23.7 Å². The smallest absolute Gasteiger partial charge is 0.407 e. The summed E-state index contributed by atoms with van der Waals surface area (Å²) >= 11 is 9.62. The van der Waals surface area contributed by atoms with E-state index in [0.29, 0.717) is 99.7 Å². The third-order valence-corrected chi connectivity index (χ3v) is 24.5. The summed E-state index contributed by atoms with van der Waals surface area (Å²) in [6.45, 7) is 5.22. The molecule has 0 aliphatic carbocycles. The number of nitrogens with two attached hydrogens (primary N) is 3. The second-order valence-electron chi connectivity index (χ2n) is 26.0. The lowest BCUT2D eigenvalue weighted by atomic mass is 10.1. The van der Waals surface area contributed by atoms with Gasteiger partial charge in [-0.25, -0.2) is 14.8 Å². The number of imidazole rings is 2. The molecule has 0 aliphatic rings. The molecule has 30 nitrogen and oxygen atoms in total. The molecular formula is C81H81N19O11S6. The molecule has 0 unspecified atom stereocenters. The number of H-pyrrole nitrogens is 2. The topological polar surface area (TPSA) is 435 Å². The van der Waals surface area contributed by atoms with E-state index >= 15 is 0 Å². The molecule has 0 fully saturated rings. The third-order valence-electron chi connectivity index (χ3n) is 17.8. The van der Waals surface area contributed by atoms with E-state index in [9.17, 15) is 29.7 Å². The number of hydrogen-bond donors (Lipinski definition) is 10. The third kappa shape index (κ3) is 22.0. The van der Waals surface area contributed by atoms with Crippen LogP contribution in [0.3, 0.4) is 0 Å². The zero-order valence-electron chi connectivity index (χ0n) is 64.0. The van der Waals surface area contributed by atoms with Crippen molar-refractivity contribution in [2.24, 2.45) is 5.73 Å². The average molecular weight is 1690 g/mol. The summed E-state index contributed by atoms with van der Waals surface area (Å²) in [5.41, 5.74) is 23.1. The summed E-state index contributed by atoms with van der Waals surface area (Å²) in [7, 11) is 9.01. The Hall–Kier alpha value is -12.3. The number of carbonyl (C=O) groups excluding carboxylic acids is 4. The van der Waals surface area contributed by atoms with Crippen molar-refractivity contribution in [3.8, 4) is 23.9 Å². The quantitative estimate of drug-likeness (QED) is 0.00865. The fourth-order valence-corrected chi connectivity index (χ4v) is 17.8. The first kappa shape index (κ1) is 84.1. The number of fused-ring (bicyclic) bond motifs is 8. The highest BCUT2D eigenvalue weighted by Gasteiger charge is 2.19. The first-order chi connectivity index (χ1) is 56.8. The Morgan fingerprint density at radius 3 is 1.27 bits per heavy atom. The van der Waals surface area contributed by atoms with Crippen LogP contribution in [0.1, 0.15) is 41.7 Å². The predicted molar refractivity (Wildman–Crippen MR) is 468 cm³/mol. The Kier molecular flexibility index (Phi) is 29.0. The number of alkyl carbamates (subject to hydrolysis) is 1. The number of ether oxygens (including phenoxy) is 5. The summed E-state index contributed by atoms with van der Waals surface area (Å²) < 4.78 is 33.6. The summed E-state index contributed by atoms with van der Waals surface area (Å²) in [6.07, 6.45) is 6.68. The highest BCUT2D eigenvalue weighted by molar-refractivity contribution is 7.25. The molecule has 15 rings (SSSR count). The van der Waals surface area contributed by atoms with Crippen LogP contribution < -0.4 is 57.3 Å². The molecule has 0 atom stereocenters. The van der Waals surface area contributed by atoms with Crippen molar-refractivity contribution in [1.82, 2.24) is 55.8 Å². The summed E-state index contributed by atoms with van der Waals surface area (Å²) in [5, 5.41) is 55.0. The zero-order valence-corrected chi connectivity index (χ0v) is 68.9. The van der Waals surface area contributed by atoms with Crippen molar-refractivity contribution in [2.45, 2.75) is 26.3 Å². The number of aliphatic hydroxyl groups is 2. The minimum Gasteiger partial charge on any atom is -0.471 e. The van der Waals surface area contributed by atoms with Crippen LogP contribution >= 0.6 is 68.0 Å². The van der Waals surface area contributed by atoms with Gasteiger partial charge in [-0.05, 0) is 140 Å². The number of nitrogens with one attached hydrogen (secondary N) is 5. The van der Waals surface area contributed by atoms with Crippen molar-refractivity contribution in [2.75, 3.05) is 127 Å². The molecule has 117 heavy (non-hydrogen) atoms. The van der Waals surface area contributed by atoms with Gasteiger partial charge in [-0.3, -0.25) is 14.4 Å². The SMILES string of the molecule is CN(CCO)c1cc2cc3sc(C=O)cc3cc2s1.COCCNC(=O)/C(C#N)=C/c1cc2cc3sc(N(C)CCO)cc3cc2s1.COCCNC(=O)/C(C#N)=C/c1cc2cc3sc(N(C)CCOC(=O)NCc4ccc(COc5nc(N)nc6nc[nH]c56)cc4)cc3cc2s1.NCc1ccc(COc2nc(N)nc3nc[nH]c23)cc1. The van der Waals surface area contributed by atoms with Crippen molar-refractivity contribution < 1.29 is 53.1 Å². The van der Waals surface area contributed by atoms with Gasteiger partial charge in [0.25, 0.3) is 11.8 Å². The predicted octanol–water partition coefficient (Wildman–Crippen LogP) is 12.5. The van der Waals surface area contributed by atoms with Gasteiger partial charge in [-0.15, -0.1) is 68.0 Å². The standard InChI is InChI=1S/C34H33N9O5S2.C20H21N3O3S2.C14H13NO2S2.C13H14N6O/c1-43(28-15-23-14-26-22(13-27(23)50-28)11-25(49-26)12-24(16-35)31(44)37-7-9-46-2)8-10-47-34(45)38-17-20-3-5-21(6-4-20)18-48-32-29-30(40-19-39-29)41-33(36)42-32;1-23(4-5-24)19-11-14-10-17-13(9-18(14)28-19)7-16(27-17)8-15(12-21)20(25)22-3-6-26-2;1-15(2-3-16)14-7-10-6-12-9(5-13(10)19-14)4-11(8-17)18-12;14-5-8-1-3-9(4-2-8)6-20-12-10-11(17-7-16-10)18-13(15)19-12/h3-6,11-15,19H,7-10,17-18H2,1-2H3,(H,37,44)(H,38,45)(H3,36,39,40,41,42);7-11,24H,3-6H2,1-2H3,(H,22,25);4-8,16H,2-3H2,1H3;1-4,7H,5-6,14H2,(H3,15,16,17,18,19)/b24-12+;15-8+;;. The lowest BCUT2D eigenvalue weighted by Gasteiger charge is -2.16. The summed E-state index contributed by atoms with van der Waals surface area (Å²) in [5.74, 6) is 0.129. The van der Waals surface area contributed by atoms with Crippen LogP contribution in [0.5, 0.6) is 11.8 Å². The molecule has 0 saturated carbocycles. The second kappa shape index (κ2) is 40.3. The molecule has 3 amide bonds. The highest BCUT2D eigenvalue weighted by atomic mass is 32.1. The number of amides is 3. The van der Waals surface area contributed by atoms with E-state index < -0.39 is 17.9 Å². The van der Waals surface area contributed by atoms with E-state index in [-0.39, 0.29) is 49.5 Å². The molecule has 36 heteroatoms. The van der Waals surface area contributed by atoms with Crippen LogP contribution in [0.4, 0.5) is 31.7 Å². The van der Waals surface area contributed by atoms with E-state index in [1.165, 1.54) is 50.1 Å². The lowest BCUT2D eigenvalue weighted by Crippen LogP contribution is -2.28. The number of thiophene rings is 6. The van der Waals surface area contributed by atoms with Crippen LogP contribution in [0.2, 0.25) is 0 Å². The molecule has 0 saturated heterocycles. The lowest BCUT2D eigenvalue weighted by molar-refractivity contribution is -0.118. The number of benzene rings is 5. The molecular weight excluding hydrogens is 1610 g/mol. The number of likely N-dealkylation sites (N-methyl/N-ethyl adjacent to an activating group) is 3. The molecule has 0 radical (unpaired) electrons. The monoisotopic (exact) mass is 1690 g/mol. The van der Waals surface area contributed by atoms with Gasteiger partial charge in [0, 0.05) is 113 Å². The van der Waals surface area contributed by atoms with Crippen LogP contribution in [-0.4, -0.2) is 175 Å². The second-order valence-corrected chi connectivity index (χ2v) is 32.6. The molecule has 0 spiro atoms. The Morgan fingerprint density at radius 1 is 0.504 bits per heavy atom. The Balaban J connectivity index is 0.000000157. The maximum atomic E-state index is 12.4. The zero-order chi connectivity index (χ0) is 82.5. The van der Waals surface area contributed by atoms with Crippen molar-refractivity contribution >= 4 is 214 Å². The van der Waals surface area contributed by atoms with Crippen molar-refractivity contribution in [3.63, 3.8) is 0 Å². The minimum absolute atomic E-state index is 0.0501.